The van der Waals surface area contributed by atoms with E-state index in [2.05, 4.69) is 33.2 Å². The smallest absolute Gasteiger partial charge is 0.238 e. The number of amides is 2. The minimum Gasteiger partial charge on any atom is -0.350 e. The van der Waals surface area contributed by atoms with Gasteiger partial charge in [0.15, 0.2) is 0 Å². The Morgan fingerprint density at radius 2 is 1.73 bits per heavy atom. The lowest BCUT2D eigenvalue weighted by atomic mass is 10.1. The summed E-state index contributed by atoms with van der Waals surface area (Å²) in [6.07, 6.45) is 0. The van der Waals surface area contributed by atoms with E-state index in [9.17, 15) is 9.59 Å². The molecule has 0 aromatic heterocycles. The minimum atomic E-state index is -0.265. The first-order valence-electron chi connectivity index (χ1n) is 7.29. The van der Waals surface area contributed by atoms with Crippen molar-refractivity contribution >= 4 is 40.1 Å². The van der Waals surface area contributed by atoms with E-state index in [1.165, 1.54) is 0 Å². The average Bonchev–Trinajstić information content (AvgIpc) is 2.38. The Morgan fingerprint density at radius 3 is 2.27 bits per heavy atom. The van der Waals surface area contributed by atoms with Gasteiger partial charge in [-0.15, -0.1) is 0 Å². The molecule has 5 nitrogen and oxygen atoms in total. The number of carbonyl (C=O) groups is 2. The molecule has 2 N–H and O–H groups in total. The molecule has 22 heavy (non-hydrogen) atoms. The van der Waals surface area contributed by atoms with Crippen LogP contribution in [0.4, 0.5) is 5.69 Å². The second-order valence-corrected chi connectivity index (χ2v) is 7.29. The van der Waals surface area contributed by atoms with Crippen molar-refractivity contribution in [1.29, 1.82) is 0 Å². The molecule has 2 amide bonds. The summed E-state index contributed by atoms with van der Waals surface area (Å²) in [6.45, 7) is 8.79. The van der Waals surface area contributed by atoms with E-state index in [0.717, 1.165) is 9.26 Å². The molecule has 0 saturated heterocycles. The largest absolute Gasteiger partial charge is 0.350 e. The van der Waals surface area contributed by atoms with Gasteiger partial charge in [0.05, 0.1) is 18.8 Å². The summed E-state index contributed by atoms with van der Waals surface area (Å²) in [5, 5.41) is 5.78. The molecule has 1 aromatic carbocycles. The van der Waals surface area contributed by atoms with Crippen LogP contribution in [-0.4, -0.2) is 41.9 Å². The van der Waals surface area contributed by atoms with E-state index in [-0.39, 0.29) is 30.4 Å². The molecule has 0 radical (unpaired) electrons. The van der Waals surface area contributed by atoms with E-state index in [1.54, 1.807) is 0 Å². The van der Waals surface area contributed by atoms with Crippen LogP contribution in [0.3, 0.4) is 0 Å². The van der Waals surface area contributed by atoms with Gasteiger partial charge < -0.3 is 10.6 Å². The number of hydrogen-bond donors (Lipinski definition) is 2. The highest BCUT2D eigenvalue weighted by Gasteiger charge is 2.18. The van der Waals surface area contributed by atoms with Crippen LogP contribution in [0.25, 0.3) is 0 Å². The van der Waals surface area contributed by atoms with Gasteiger partial charge in [0, 0.05) is 9.11 Å². The molecule has 0 fully saturated rings. The third kappa shape index (κ3) is 7.22. The molecule has 1 aromatic rings. The number of rotatable bonds is 6. The highest BCUT2D eigenvalue weighted by molar-refractivity contribution is 14.1. The Labute approximate surface area is 146 Å². The zero-order valence-electron chi connectivity index (χ0n) is 13.6. The Kier molecular flexibility index (Phi) is 7.28. The van der Waals surface area contributed by atoms with E-state index in [4.69, 9.17) is 0 Å². The standard InChI is InChI=1S/C16H24IN3O2/c1-5-20(11-15(22)19-16(2,3)4)10-14(21)18-13-9-7-6-8-12(13)17/h6-9H,5,10-11H2,1-4H3,(H,18,21)(H,19,22). The Balaban J connectivity index is 2.53. The second-order valence-electron chi connectivity index (χ2n) is 6.13. The second kappa shape index (κ2) is 8.47. The number of carbonyl (C=O) groups excluding carboxylic acids is 2. The molecule has 0 saturated carbocycles. The lowest BCUT2D eigenvalue weighted by Crippen LogP contribution is -2.47. The van der Waals surface area contributed by atoms with Crippen LogP contribution in [0, 0.1) is 3.57 Å². The topological polar surface area (TPSA) is 61.4 Å². The number of nitrogens with zero attached hydrogens (tertiary/aromatic N) is 1. The van der Waals surface area contributed by atoms with Crippen molar-refractivity contribution in [3.05, 3.63) is 27.8 Å². The molecule has 0 atom stereocenters. The van der Waals surface area contributed by atoms with Gasteiger partial charge in [-0.3, -0.25) is 14.5 Å². The van der Waals surface area contributed by atoms with Crippen LogP contribution in [0.15, 0.2) is 24.3 Å². The van der Waals surface area contributed by atoms with Gasteiger partial charge in [-0.1, -0.05) is 19.1 Å². The molecule has 0 heterocycles. The van der Waals surface area contributed by atoms with Crippen molar-refractivity contribution in [2.24, 2.45) is 0 Å². The predicted octanol–water partition coefficient (Wildman–Crippen LogP) is 2.47. The van der Waals surface area contributed by atoms with Crippen molar-refractivity contribution in [2.75, 3.05) is 25.0 Å². The molecule has 0 aliphatic carbocycles. The summed E-state index contributed by atoms with van der Waals surface area (Å²) in [7, 11) is 0. The highest BCUT2D eigenvalue weighted by Crippen LogP contribution is 2.16. The SMILES string of the molecule is CCN(CC(=O)Nc1ccccc1I)CC(=O)NC(C)(C)C. The molecule has 0 aliphatic heterocycles. The number of anilines is 1. The fourth-order valence-electron chi connectivity index (χ4n) is 1.90. The Bertz CT molecular complexity index is 526. The molecule has 0 spiro atoms. The lowest BCUT2D eigenvalue weighted by molar-refractivity contribution is -0.124. The maximum atomic E-state index is 12.1. The van der Waals surface area contributed by atoms with E-state index in [0.29, 0.717) is 6.54 Å². The van der Waals surface area contributed by atoms with Crippen molar-refractivity contribution in [1.82, 2.24) is 10.2 Å². The average molecular weight is 417 g/mol. The van der Waals surface area contributed by atoms with Crippen molar-refractivity contribution in [3.8, 4) is 0 Å². The first-order valence-corrected chi connectivity index (χ1v) is 8.37. The maximum absolute atomic E-state index is 12.1. The normalized spacial score (nSPS) is 11.4. The molecule has 0 unspecified atom stereocenters. The summed E-state index contributed by atoms with van der Waals surface area (Å²) in [5.41, 5.74) is 0.530. The summed E-state index contributed by atoms with van der Waals surface area (Å²) in [5.74, 6) is -0.189. The van der Waals surface area contributed by atoms with Gasteiger partial charge in [-0.05, 0) is 62.0 Å². The number of nitrogens with one attached hydrogen (secondary N) is 2. The first kappa shape index (κ1) is 18.9. The number of benzene rings is 1. The molecule has 1 rings (SSSR count). The summed E-state index contributed by atoms with van der Waals surface area (Å²) in [4.78, 5) is 25.9. The van der Waals surface area contributed by atoms with E-state index < -0.39 is 0 Å². The van der Waals surface area contributed by atoms with Crippen LogP contribution in [-0.2, 0) is 9.59 Å². The molecular weight excluding hydrogens is 393 g/mol. The maximum Gasteiger partial charge on any atom is 0.238 e. The fourth-order valence-corrected chi connectivity index (χ4v) is 2.42. The monoisotopic (exact) mass is 417 g/mol. The van der Waals surface area contributed by atoms with Crippen LogP contribution in [0.1, 0.15) is 27.7 Å². The van der Waals surface area contributed by atoms with Crippen molar-refractivity contribution < 1.29 is 9.59 Å². The third-order valence-electron chi connectivity index (χ3n) is 2.84. The van der Waals surface area contributed by atoms with Gasteiger partial charge in [0.25, 0.3) is 0 Å². The summed E-state index contributed by atoms with van der Waals surface area (Å²) >= 11 is 2.18. The molecule has 6 heteroatoms. The van der Waals surface area contributed by atoms with E-state index in [1.807, 2.05) is 56.9 Å². The molecule has 122 valence electrons. The fraction of sp³-hybridized carbons (Fsp3) is 0.500. The minimum absolute atomic E-state index is 0.0727. The summed E-state index contributed by atoms with van der Waals surface area (Å²) in [6, 6.07) is 7.60. The Morgan fingerprint density at radius 1 is 1.14 bits per heavy atom. The molecule has 0 aliphatic rings. The summed E-state index contributed by atoms with van der Waals surface area (Å²) < 4.78 is 0.988. The van der Waals surface area contributed by atoms with Crippen LogP contribution in [0.5, 0.6) is 0 Å². The number of likely N-dealkylation sites (N-methyl/N-ethyl adjacent to an activating group) is 1. The van der Waals surface area contributed by atoms with Gasteiger partial charge in [0.1, 0.15) is 0 Å². The third-order valence-corrected chi connectivity index (χ3v) is 3.78. The van der Waals surface area contributed by atoms with Crippen molar-refractivity contribution in [2.45, 2.75) is 33.2 Å². The van der Waals surface area contributed by atoms with E-state index >= 15 is 0 Å². The van der Waals surface area contributed by atoms with Crippen LogP contribution in [0.2, 0.25) is 0 Å². The highest BCUT2D eigenvalue weighted by atomic mass is 127. The number of hydrogen-bond acceptors (Lipinski definition) is 3. The van der Waals surface area contributed by atoms with Crippen LogP contribution >= 0.6 is 22.6 Å². The van der Waals surface area contributed by atoms with Gasteiger partial charge in [-0.2, -0.15) is 0 Å². The molecule has 0 bridgehead atoms. The van der Waals surface area contributed by atoms with Crippen LogP contribution < -0.4 is 10.6 Å². The molecular formula is C16H24IN3O2. The van der Waals surface area contributed by atoms with Gasteiger partial charge in [-0.25, -0.2) is 0 Å². The number of para-hydroxylation sites is 1. The zero-order chi connectivity index (χ0) is 16.8. The number of halogens is 1. The predicted molar refractivity (Wildman–Crippen MR) is 97.8 cm³/mol. The van der Waals surface area contributed by atoms with Gasteiger partial charge in [0.2, 0.25) is 11.8 Å². The lowest BCUT2D eigenvalue weighted by Gasteiger charge is -2.24. The van der Waals surface area contributed by atoms with Gasteiger partial charge >= 0.3 is 0 Å². The van der Waals surface area contributed by atoms with Crippen molar-refractivity contribution in [3.63, 3.8) is 0 Å². The quantitative estimate of drug-likeness (QED) is 0.700. The zero-order valence-corrected chi connectivity index (χ0v) is 15.7. The Hall–Kier alpha value is -1.15. The first-order chi connectivity index (χ1) is 10.2.